The van der Waals surface area contributed by atoms with Gasteiger partial charge in [-0.3, -0.25) is 34.6 Å². The number of primary amides is 1. The van der Waals surface area contributed by atoms with Crippen LogP contribution in [0.4, 0.5) is 0 Å². The molecule has 0 aromatic rings. The normalized spacial score (nSPS) is 13.8. The van der Waals surface area contributed by atoms with Crippen molar-refractivity contribution in [1.29, 1.82) is 0 Å². The summed E-state index contributed by atoms with van der Waals surface area (Å²) in [6, 6.07) is -3.67. The zero-order valence-electron chi connectivity index (χ0n) is 17.7. The minimum atomic E-state index is -1.20. The van der Waals surface area contributed by atoms with Crippen LogP contribution in [0.2, 0.25) is 0 Å². The molecular formula is C16H29N5O9S4. The number of nitrogens with one attached hydrogen (secondary N) is 4. The van der Waals surface area contributed by atoms with E-state index in [0.717, 1.165) is 0 Å². The Balaban J connectivity index is 0. The predicted octanol–water partition coefficient (Wildman–Crippen LogP) is -3.68. The van der Waals surface area contributed by atoms with Crippen LogP contribution in [0.5, 0.6) is 0 Å². The van der Waals surface area contributed by atoms with E-state index in [9.17, 15) is 28.8 Å². The summed E-state index contributed by atoms with van der Waals surface area (Å²) in [6.45, 7) is -0.780. The number of thiol groups is 4. The van der Waals surface area contributed by atoms with Crippen LogP contribution in [0.1, 0.15) is 0 Å². The number of aliphatic carboxylic acids is 3. The maximum atomic E-state index is 11.6. The molecule has 0 saturated heterocycles. The molecule has 0 fully saturated rings. The van der Waals surface area contributed by atoms with E-state index in [2.05, 4.69) is 71.8 Å². The molecule has 0 aliphatic heterocycles. The van der Waals surface area contributed by atoms with Gasteiger partial charge in [-0.05, 0) is 0 Å². The van der Waals surface area contributed by atoms with Crippen molar-refractivity contribution < 1.29 is 44.1 Å². The molecule has 0 aromatic heterocycles. The Bertz CT molecular complexity index is 658. The smallest absolute Gasteiger partial charge is 0.327 e. The van der Waals surface area contributed by atoms with Gasteiger partial charge in [0.2, 0.25) is 17.7 Å². The number of carboxylic acids is 3. The first-order chi connectivity index (χ1) is 15.8. The Labute approximate surface area is 217 Å². The summed E-state index contributed by atoms with van der Waals surface area (Å²) in [5.41, 5.74) is 5.02. The predicted molar refractivity (Wildman–Crippen MR) is 135 cm³/mol. The van der Waals surface area contributed by atoms with Gasteiger partial charge in [0.1, 0.15) is 12.1 Å². The molecule has 0 saturated carbocycles. The van der Waals surface area contributed by atoms with Crippen LogP contribution in [0, 0.1) is 0 Å². The summed E-state index contributed by atoms with van der Waals surface area (Å²) in [4.78, 5) is 65.3. The molecule has 0 rings (SSSR count). The van der Waals surface area contributed by atoms with Crippen LogP contribution < -0.4 is 27.0 Å². The Morgan fingerprint density at radius 2 is 0.941 bits per heavy atom. The van der Waals surface area contributed by atoms with Crippen molar-refractivity contribution in [3.05, 3.63) is 0 Å². The lowest BCUT2D eigenvalue weighted by atomic mass is 10.2. The maximum Gasteiger partial charge on any atom is 0.327 e. The molecule has 0 radical (unpaired) electrons. The summed E-state index contributed by atoms with van der Waals surface area (Å²) in [6.07, 6.45) is 0. The fraction of sp³-hybridized carbons (Fsp3) is 0.625. The summed E-state index contributed by atoms with van der Waals surface area (Å²) >= 11 is 15.4. The van der Waals surface area contributed by atoms with E-state index in [-0.39, 0.29) is 29.6 Å². The van der Waals surface area contributed by atoms with Gasteiger partial charge in [-0.2, -0.15) is 50.5 Å². The second kappa shape index (κ2) is 19.4. The van der Waals surface area contributed by atoms with E-state index < -0.39 is 66.3 Å². The van der Waals surface area contributed by atoms with Crippen molar-refractivity contribution in [2.45, 2.75) is 24.2 Å². The van der Waals surface area contributed by atoms with Gasteiger partial charge in [-0.25, -0.2) is 4.79 Å². The first-order valence-corrected chi connectivity index (χ1v) is 11.8. The van der Waals surface area contributed by atoms with Crippen molar-refractivity contribution in [3.63, 3.8) is 0 Å². The Morgan fingerprint density at radius 3 is 1.18 bits per heavy atom. The van der Waals surface area contributed by atoms with Crippen LogP contribution in [0.25, 0.3) is 0 Å². The van der Waals surface area contributed by atoms with E-state index in [1.54, 1.807) is 0 Å². The second-order valence-electron chi connectivity index (χ2n) is 6.25. The van der Waals surface area contributed by atoms with Gasteiger partial charge in [0.25, 0.3) is 0 Å². The fourth-order valence-corrected chi connectivity index (χ4v) is 2.95. The number of rotatable bonds is 16. The molecule has 4 unspecified atom stereocenters. The third kappa shape index (κ3) is 15.9. The van der Waals surface area contributed by atoms with Gasteiger partial charge in [0.15, 0.2) is 0 Å². The zero-order valence-corrected chi connectivity index (χ0v) is 21.3. The lowest BCUT2D eigenvalue weighted by Crippen LogP contribution is -2.53. The molecule has 18 heteroatoms. The average molecular weight is 564 g/mol. The largest absolute Gasteiger partial charge is 0.480 e. The minimum absolute atomic E-state index is 0.0536. The number of amides is 3. The topological polar surface area (TPSA) is 237 Å². The van der Waals surface area contributed by atoms with E-state index in [1.807, 2.05) is 0 Å². The number of hydrogen-bond acceptors (Lipinski definition) is 12. The fourth-order valence-electron chi connectivity index (χ4n) is 1.84. The molecule has 3 amide bonds. The number of carbonyl (C=O) groups is 6. The molecule has 14 nitrogen and oxygen atoms in total. The average Bonchev–Trinajstić information content (AvgIpc) is 2.76. The van der Waals surface area contributed by atoms with Crippen LogP contribution in [-0.4, -0.2) is 111 Å². The summed E-state index contributed by atoms with van der Waals surface area (Å²) < 4.78 is 0. The summed E-state index contributed by atoms with van der Waals surface area (Å²) in [7, 11) is 0. The van der Waals surface area contributed by atoms with Crippen LogP contribution in [-0.2, 0) is 28.8 Å². The molecule has 9 N–H and O–H groups in total. The molecule has 0 aliphatic rings. The summed E-state index contributed by atoms with van der Waals surface area (Å²) in [5.74, 6) is -5.12. The van der Waals surface area contributed by atoms with Crippen LogP contribution >= 0.6 is 50.5 Å². The van der Waals surface area contributed by atoms with Crippen molar-refractivity contribution in [2.24, 2.45) is 5.73 Å². The van der Waals surface area contributed by atoms with Gasteiger partial charge in [0, 0.05) is 23.0 Å². The first kappa shape index (κ1) is 34.3. The standard InChI is InChI=1S/C8H15N3O4S2.C8H14N2O5S2/c9-7(14)4(2-16)11-8(15)5(3-17)10-1-6(12)13;11-6(12)1-9-4(2-16)7(13)10-5(3-17)8(14)15/h4-5,10,16-17H,1-3H2,(H2,9,14)(H,11,15)(H,12,13);4-5,9,16-17H,1-3H2,(H,10,13)(H,11,12)(H,14,15). The van der Waals surface area contributed by atoms with Crippen LogP contribution in [0.15, 0.2) is 0 Å². The lowest BCUT2D eigenvalue weighted by molar-refractivity contribution is -0.141. The van der Waals surface area contributed by atoms with Crippen molar-refractivity contribution in [1.82, 2.24) is 21.3 Å². The zero-order chi connectivity index (χ0) is 26.8. The third-order valence-corrected chi connectivity index (χ3v) is 5.10. The van der Waals surface area contributed by atoms with E-state index in [4.69, 9.17) is 21.1 Å². The van der Waals surface area contributed by atoms with Gasteiger partial charge in [-0.15, -0.1) is 0 Å². The Hall–Kier alpha value is -1.86. The highest BCUT2D eigenvalue weighted by Crippen LogP contribution is 1.94. The van der Waals surface area contributed by atoms with Crippen molar-refractivity contribution in [3.8, 4) is 0 Å². The lowest BCUT2D eigenvalue weighted by Gasteiger charge is -2.18. The molecule has 0 bridgehead atoms. The molecule has 0 aliphatic carbocycles. The number of carboxylic acid groups (broad SMARTS) is 3. The van der Waals surface area contributed by atoms with E-state index in [0.29, 0.717) is 0 Å². The number of hydrogen-bond donors (Lipinski definition) is 12. The maximum absolute atomic E-state index is 11.6. The highest BCUT2D eigenvalue weighted by atomic mass is 32.1. The highest BCUT2D eigenvalue weighted by Gasteiger charge is 2.24. The highest BCUT2D eigenvalue weighted by molar-refractivity contribution is 7.80. The van der Waals surface area contributed by atoms with Crippen LogP contribution in [0.3, 0.4) is 0 Å². The molecule has 196 valence electrons. The van der Waals surface area contributed by atoms with E-state index in [1.165, 1.54) is 0 Å². The quantitative estimate of drug-likeness (QED) is 0.0817. The van der Waals surface area contributed by atoms with Gasteiger partial charge in [0.05, 0.1) is 25.2 Å². The SMILES string of the molecule is NC(=O)C(CS)NC(=O)C(CS)NCC(=O)O.O=C(O)CNC(CS)C(=O)NC(CS)C(=O)O. The molecule has 34 heavy (non-hydrogen) atoms. The van der Waals surface area contributed by atoms with Gasteiger partial charge >= 0.3 is 17.9 Å². The Kier molecular flexibility index (Phi) is 19.6. The second-order valence-corrected chi connectivity index (χ2v) is 7.71. The number of nitrogens with two attached hydrogens (primary N) is 1. The molecule has 0 aromatic carbocycles. The monoisotopic (exact) mass is 563 g/mol. The van der Waals surface area contributed by atoms with E-state index >= 15 is 0 Å². The minimum Gasteiger partial charge on any atom is -0.480 e. The molecule has 4 atom stereocenters. The van der Waals surface area contributed by atoms with Crippen molar-refractivity contribution in [2.75, 3.05) is 36.1 Å². The first-order valence-electron chi connectivity index (χ1n) is 9.31. The third-order valence-electron chi connectivity index (χ3n) is 3.64. The summed E-state index contributed by atoms with van der Waals surface area (Å²) in [5, 5.41) is 35.0. The van der Waals surface area contributed by atoms with Gasteiger partial charge in [-0.1, -0.05) is 0 Å². The molecule has 0 spiro atoms. The van der Waals surface area contributed by atoms with Crippen molar-refractivity contribution >= 4 is 86.1 Å². The molecular weight excluding hydrogens is 534 g/mol. The van der Waals surface area contributed by atoms with Gasteiger partial charge < -0.3 is 31.7 Å². The number of carbonyl (C=O) groups excluding carboxylic acids is 3. The Morgan fingerprint density at radius 1 is 0.618 bits per heavy atom. The molecule has 0 heterocycles.